The van der Waals surface area contributed by atoms with Gasteiger partial charge in [0, 0.05) is 5.56 Å². The minimum atomic E-state index is -2.20. The molecule has 0 saturated carbocycles. The Balaban J connectivity index is 2.67. The fourth-order valence-corrected chi connectivity index (χ4v) is 7.86. The molecule has 2 N–H and O–H groups in total. The van der Waals surface area contributed by atoms with Crippen molar-refractivity contribution in [3.8, 4) is 0 Å². The van der Waals surface area contributed by atoms with Crippen LogP contribution in [0.1, 0.15) is 38.1 Å². The van der Waals surface area contributed by atoms with Crippen molar-refractivity contribution in [2.75, 3.05) is 0 Å². The minimum absolute atomic E-state index is 0.314. The molecule has 22 heavy (non-hydrogen) atoms. The molecule has 118 valence electrons. The normalized spacial score (nSPS) is 19.1. The van der Waals surface area contributed by atoms with Crippen molar-refractivity contribution >= 4 is 19.2 Å². The van der Waals surface area contributed by atoms with Crippen LogP contribution in [0.15, 0.2) is 40.1 Å². The molecule has 2 nitrogen and oxygen atoms in total. The van der Waals surface area contributed by atoms with Crippen molar-refractivity contribution < 1.29 is 9.18 Å². The minimum Gasteiger partial charge on any atom is -0.366 e. The molecule has 0 spiro atoms. The molecule has 2 rings (SSSR count). The number of primary amides is 1. The van der Waals surface area contributed by atoms with E-state index in [-0.39, 0.29) is 5.82 Å². The van der Waals surface area contributed by atoms with Crippen molar-refractivity contribution in [2.45, 2.75) is 40.8 Å². The second-order valence-corrected chi connectivity index (χ2v) is 11.1. The van der Waals surface area contributed by atoms with E-state index in [2.05, 4.69) is 40.8 Å². The summed E-state index contributed by atoms with van der Waals surface area (Å²) in [4.78, 5) is 11.8. The Morgan fingerprint density at radius 3 is 2.23 bits per heavy atom. The van der Waals surface area contributed by atoms with Crippen LogP contribution in [0, 0.1) is 11.7 Å². The summed E-state index contributed by atoms with van der Waals surface area (Å²) in [5, 5.41) is 2.17. The molecule has 1 aliphatic rings. The molecule has 1 aliphatic carbocycles. The maximum atomic E-state index is 13.8. The lowest BCUT2D eigenvalue weighted by Gasteiger charge is -2.31. The number of carbonyl (C=O) groups excluding carboxylic acids is 1. The van der Waals surface area contributed by atoms with Crippen LogP contribution in [0.5, 0.6) is 0 Å². The molecule has 1 atom stereocenters. The van der Waals surface area contributed by atoms with Crippen molar-refractivity contribution in [2.24, 2.45) is 11.7 Å². The van der Waals surface area contributed by atoms with Crippen LogP contribution in [0.3, 0.4) is 0 Å². The Morgan fingerprint density at radius 1 is 1.18 bits per heavy atom. The van der Waals surface area contributed by atoms with Crippen LogP contribution in [-0.2, 0) is 0 Å². The molecule has 1 amide bonds. The Hall–Kier alpha value is -1.68. The first-order valence-corrected chi connectivity index (χ1v) is 10.6. The maximum Gasteiger partial charge on any atom is 0.248 e. The lowest BCUT2D eigenvalue weighted by molar-refractivity contribution is 0.100. The highest BCUT2D eigenvalue weighted by Gasteiger charge is 2.39. The highest BCUT2D eigenvalue weighted by Crippen LogP contribution is 2.41. The Kier molecular flexibility index (Phi) is 4.17. The van der Waals surface area contributed by atoms with Crippen LogP contribution in [0.4, 0.5) is 4.39 Å². The Morgan fingerprint density at radius 2 is 1.77 bits per heavy atom. The summed E-state index contributed by atoms with van der Waals surface area (Å²) in [6.07, 6.45) is 0. The second kappa shape index (κ2) is 5.50. The zero-order chi connectivity index (χ0) is 16.8. The predicted molar refractivity (Wildman–Crippen MR) is 92.3 cm³/mol. The van der Waals surface area contributed by atoms with E-state index in [0.717, 1.165) is 5.19 Å². The van der Waals surface area contributed by atoms with Crippen molar-refractivity contribution in [3.63, 3.8) is 0 Å². The summed E-state index contributed by atoms with van der Waals surface area (Å²) >= 11 is 0. The van der Waals surface area contributed by atoms with Crippen molar-refractivity contribution in [1.82, 2.24) is 0 Å². The van der Waals surface area contributed by atoms with Gasteiger partial charge >= 0.3 is 0 Å². The molecule has 0 heterocycles. The lowest BCUT2D eigenvalue weighted by atomic mass is 10.1. The predicted octanol–water partition coefficient (Wildman–Crippen LogP) is 3.68. The van der Waals surface area contributed by atoms with Crippen LogP contribution in [0.25, 0.3) is 0 Å². The summed E-state index contributed by atoms with van der Waals surface area (Å²) < 4.78 is 13.8. The summed E-state index contributed by atoms with van der Waals surface area (Å²) in [5.41, 5.74) is 9.95. The Bertz CT molecular complexity index is 716. The fourth-order valence-electron chi connectivity index (χ4n) is 3.77. The van der Waals surface area contributed by atoms with Gasteiger partial charge in [0.15, 0.2) is 0 Å². The number of nitrogens with two attached hydrogens (primary N) is 1. The quantitative estimate of drug-likeness (QED) is 0.849. The van der Waals surface area contributed by atoms with E-state index >= 15 is 0 Å². The number of amides is 1. The van der Waals surface area contributed by atoms with Gasteiger partial charge in [-0.3, -0.25) is 4.79 Å². The van der Waals surface area contributed by atoms with Crippen molar-refractivity contribution in [1.29, 1.82) is 0 Å². The number of allylic oxidation sites excluding steroid dienone is 4. The van der Waals surface area contributed by atoms with E-state index in [1.165, 1.54) is 40.1 Å². The van der Waals surface area contributed by atoms with Gasteiger partial charge in [-0.25, -0.2) is 4.39 Å². The number of carbonyl (C=O) groups is 1. The molecule has 0 saturated heterocycles. The topological polar surface area (TPSA) is 43.1 Å². The van der Waals surface area contributed by atoms with Crippen LogP contribution in [0.2, 0.25) is 13.1 Å². The van der Waals surface area contributed by atoms with E-state index in [4.69, 9.17) is 5.73 Å². The third-order valence-corrected chi connectivity index (χ3v) is 9.15. The Labute approximate surface area is 132 Å². The standard InChI is InChI=1S/C18H24FNOSi/c1-10-11(2)13(4)17(12(10)3)22(5,6)16-9-14(19)7-8-15(16)18(20)21/h7-9,12H,1-6H3,(H2,20,21). The fraction of sp³-hybridized carbons (Fsp3) is 0.389. The van der Waals surface area contributed by atoms with Crippen LogP contribution in [-0.4, -0.2) is 14.0 Å². The van der Waals surface area contributed by atoms with E-state index in [9.17, 15) is 9.18 Å². The average molecular weight is 317 g/mol. The van der Waals surface area contributed by atoms with Gasteiger partial charge in [0.2, 0.25) is 5.91 Å². The molecule has 4 heteroatoms. The van der Waals surface area contributed by atoms with Crippen LogP contribution < -0.4 is 10.9 Å². The molecular weight excluding hydrogens is 293 g/mol. The van der Waals surface area contributed by atoms with Gasteiger partial charge in [-0.2, -0.15) is 0 Å². The summed E-state index contributed by atoms with van der Waals surface area (Å²) in [5.74, 6) is -0.461. The van der Waals surface area contributed by atoms with Gasteiger partial charge in [-0.1, -0.05) is 36.4 Å². The van der Waals surface area contributed by atoms with Gasteiger partial charge in [0.05, 0.1) is 0 Å². The molecule has 0 aliphatic heterocycles. The molecule has 0 bridgehead atoms. The molecule has 1 aromatic rings. The first-order chi connectivity index (χ1) is 10.1. The first-order valence-electron chi connectivity index (χ1n) is 7.57. The van der Waals surface area contributed by atoms with Gasteiger partial charge < -0.3 is 5.73 Å². The number of hydrogen-bond acceptors (Lipinski definition) is 1. The highest BCUT2D eigenvalue weighted by atomic mass is 28.3. The molecule has 1 aromatic carbocycles. The van der Waals surface area contributed by atoms with Gasteiger partial charge in [-0.15, -0.1) is 0 Å². The maximum absolute atomic E-state index is 13.8. The monoisotopic (exact) mass is 317 g/mol. The lowest BCUT2D eigenvalue weighted by Crippen LogP contribution is -2.49. The molecule has 0 aromatic heterocycles. The molecule has 0 fully saturated rings. The van der Waals surface area contributed by atoms with E-state index in [1.807, 2.05) is 0 Å². The number of hydrogen-bond donors (Lipinski definition) is 1. The smallest absolute Gasteiger partial charge is 0.248 e. The first kappa shape index (κ1) is 16.7. The largest absolute Gasteiger partial charge is 0.366 e. The second-order valence-electron chi connectivity index (χ2n) is 6.75. The van der Waals surface area contributed by atoms with E-state index < -0.39 is 14.0 Å². The average Bonchev–Trinajstić information content (AvgIpc) is 2.62. The summed E-state index contributed by atoms with van der Waals surface area (Å²) in [6.45, 7) is 13.0. The van der Waals surface area contributed by atoms with E-state index in [0.29, 0.717) is 11.5 Å². The SMILES string of the molecule is CC1=C(C)C(C)C([Si](C)(C)c2cc(F)ccc2C(N)=O)=C1C. The third-order valence-electron chi connectivity index (χ3n) is 5.23. The van der Waals surface area contributed by atoms with Gasteiger partial charge in [0.25, 0.3) is 0 Å². The highest BCUT2D eigenvalue weighted by molar-refractivity contribution is 6.96. The van der Waals surface area contributed by atoms with Crippen LogP contribution >= 0.6 is 0 Å². The number of benzene rings is 1. The summed E-state index contributed by atoms with van der Waals surface area (Å²) in [7, 11) is -2.20. The molecular formula is C18H24FNOSi. The zero-order valence-corrected chi connectivity index (χ0v) is 15.2. The number of rotatable bonds is 3. The van der Waals surface area contributed by atoms with Gasteiger partial charge in [0.1, 0.15) is 13.9 Å². The zero-order valence-electron chi connectivity index (χ0n) is 14.2. The summed E-state index contributed by atoms with van der Waals surface area (Å²) in [6, 6.07) is 4.33. The molecule has 1 unspecified atom stereocenters. The van der Waals surface area contributed by atoms with Gasteiger partial charge in [-0.05, 0) is 55.6 Å². The van der Waals surface area contributed by atoms with Crippen molar-refractivity contribution in [3.05, 3.63) is 51.5 Å². The third kappa shape index (κ3) is 2.45. The number of halogens is 1. The molecule has 0 radical (unpaired) electrons. The van der Waals surface area contributed by atoms with E-state index in [1.54, 1.807) is 0 Å².